The van der Waals surface area contributed by atoms with Crippen molar-refractivity contribution in [2.75, 3.05) is 0 Å². The maximum Gasteiger partial charge on any atom is 0.379 e. The van der Waals surface area contributed by atoms with Gasteiger partial charge in [-0.3, -0.25) is 4.79 Å². The third-order valence-electron chi connectivity index (χ3n) is 3.39. The van der Waals surface area contributed by atoms with Crippen molar-refractivity contribution >= 4 is 29.2 Å². The molecular formula is C18H10O5S. The van der Waals surface area contributed by atoms with Crippen LogP contribution in [0.2, 0.25) is 0 Å². The van der Waals surface area contributed by atoms with Gasteiger partial charge in [0.25, 0.3) is 0 Å². The summed E-state index contributed by atoms with van der Waals surface area (Å²) in [5.41, 5.74) is 0.440. The van der Waals surface area contributed by atoms with Crippen LogP contribution in [0.1, 0.15) is 25.8 Å². The molecule has 3 heterocycles. The van der Waals surface area contributed by atoms with Crippen LogP contribution in [0, 0.1) is 0 Å². The second kappa shape index (κ2) is 5.82. The molecule has 2 aromatic heterocycles. The summed E-state index contributed by atoms with van der Waals surface area (Å²) in [6.07, 6.45) is 3.09. The molecule has 0 N–H and O–H groups in total. The summed E-state index contributed by atoms with van der Waals surface area (Å²) in [6, 6.07) is 11.6. The number of hydrogen-bond donors (Lipinski definition) is 0. The highest BCUT2D eigenvalue weighted by molar-refractivity contribution is 7.10. The zero-order valence-electron chi connectivity index (χ0n) is 12.2. The molecule has 1 aromatic carbocycles. The van der Waals surface area contributed by atoms with E-state index in [0.717, 1.165) is 4.88 Å². The van der Waals surface area contributed by atoms with E-state index >= 15 is 0 Å². The summed E-state index contributed by atoms with van der Waals surface area (Å²) >= 11 is 1.51. The summed E-state index contributed by atoms with van der Waals surface area (Å²) in [6.45, 7) is 0. The molecule has 0 saturated carbocycles. The number of allylic oxidation sites excluding steroid dienone is 1. The van der Waals surface area contributed by atoms with Crippen LogP contribution in [0.15, 0.2) is 64.3 Å². The number of fused-ring (bicyclic) bond motifs is 1. The molecule has 1 aliphatic rings. The number of carbonyl (C=O) groups is 2. The number of furan rings is 1. The van der Waals surface area contributed by atoms with Gasteiger partial charge in [0.05, 0.1) is 11.8 Å². The molecule has 0 bridgehead atoms. The summed E-state index contributed by atoms with van der Waals surface area (Å²) in [4.78, 5) is 25.1. The summed E-state index contributed by atoms with van der Waals surface area (Å²) < 4.78 is 15.8. The van der Waals surface area contributed by atoms with Crippen molar-refractivity contribution < 1.29 is 23.5 Å². The van der Waals surface area contributed by atoms with Gasteiger partial charge in [0.1, 0.15) is 11.5 Å². The minimum Gasteiger partial charge on any atom is -0.457 e. The second-order valence-electron chi connectivity index (χ2n) is 4.98. The van der Waals surface area contributed by atoms with E-state index in [4.69, 9.17) is 13.9 Å². The van der Waals surface area contributed by atoms with E-state index in [1.165, 1.54) is 29.7 Å². The van der Waals surface area contributed by atoms with Crippen molar-refractivity contribution in [2.45, 2.75) is 0 Å². The summed E-state index contributed by atoms with van der Waals surface area (Å²) in [5, 5.41) is 1.92. The molecule has 24 heavy (non-hydrogen) atoms. The van der Waals surface area contributed by atoms with Crippen LogP contribution in [0.5, 0.6) is 11.5 Å². The SMILES string of the molecule is O=C(Oc1ccc2c(c1)O/C(=C/c1cccs1)C2=O)c1ccco1. The molecule has 0 unspecified atom stereocenters. The number of Topliss-reactive ketones (excluding diaryl/α,β-unsaturated/α-hetero) is 1. The van der Waals surface area contributed by atoms with Crippen molar-refractivity contribution in [2.24, 2.45) is 0 Å². The summed E-state index contributed by atoms with van der Waals surface area (Å²) in [5.74, 6) is 0.196. The molecule has 0 amide bonds. The van der Waals surface area contributed by atoms with Crippen molar-refractivity contribution in [3.8, 4) is 11.5 Å². The molecule has 1 aliphatic heterocycles. The molecule has 0 fully saturated rings. The van der Waals surface area contributed by atoms with Crippen molar-refractivity contribution in [3.63, 3.8) is 0 Å². The van der Waals surface area contributed by atoms with Crippen LogP contribution in [0.3, 0.4) is 0 Å². The highest BCUT2D eigenvalue weighted by Gasteiger charge is 2.28. The average molecular weight is 338 g/mol. The number of hydrogen-bond acceptors (Lipinski definition) is 6. The first-order valence-corrected chi connectivity index (χ1v) is 7.96. The van der Waals surface area contributed by atoms with Crippen LogP contribution in [0.4, 0.5) is 0 Å². The molecular weight excluding hydrogens is 328 g/mol. The van der Waals surface area contributed by atoms with Gasteiger partial charge in [0, 0.05) is 17.0 Å². The van der Waals surface area contributed by atoms with E-state index < -0.39 is 5.97 Å². The number of ketones is 1. The Morgan fingerprint density at radius 3 is 2.83 bits per heavy atom. The predicted octanol–water partition coefficient (Wildman–Crippen LogP) is 4.18. The topological polar surface area (TPSA) is 65.7 Å². The number of thiophene rings is 1. The lowest BCUT2D eigenvalue weighted by Gasteiger charge is -2.03. The van der Waals surface area contributed by atoms with Crippen LogP contribution in [-0.2, 0) is 0 Å². The highest BCUT2D eigenvalue weighted by Crippen LogP contribution is 2.35. The van der Waals surface area contributed by atoms with E-state index in [0.29, 0.717) is 11.3 Å². The lowest BCUT2D eigenvalue weighted by Crippen LogP contribution is -2.07. The zero-order valence-corrected chi connectivity index (χ0v) is 13.0. The maximum absolute atomic E-state index is 12.3. The smallest absolute Gasteiger partial charge is 0.379 e. The van der Waals surface area contributed by atoms with E-state index in [1.54, 1.807) is 24.3 Å². The van der Waals surface area contributed by atoms with Gasteiger partial charge in [0.2, 0.25) is 11.5 Å². The highest BCUT2D eigenvalue weighted by atomic mass is 32.1. The fourth-order valence-electron chi connectivity index (χ4n) is 2.29. The largest absolute Gasteiger partial charge is 0.457 e. The van der Waals surface area contributed by atoms with Gasteiger partial charge < -0.3 is 13.9 Å². The van der Waals surface area contributed by atoms with Gasteiger partial charge >= 0.3 is 5.97 Å². The van der Waals surface area contributed by atoms with Gasteiger partial charge in [-0.2, -0.15) is 0 Å². The Kier molecular flexibility index (Phi) is 3.51. The Labute approximate surface area is 140 Å². The Morgan fingerprint density at radius 2 is 2.08 bits per heavy atom. The molecule has 3 aromatic rings. The number of benzene rings is 1. The molecule has 0 radical (unpaired) electrons. The molecule has 0 saturated heterocycles. The van der Waals surface area contributed by atoms with Crippen LogP contribution in [-0.4, -0.2) is 11.8 Å². The van der Waals surface area contributed by atoms with Crippen molar-refractivity contribution in [3.05, 3.63) is 76.1 Å². The van der Waals surface area contributed by atoms with Crippen molar-refractivity contribution in [1.82, 2.24) is 0 Å². The van der Waals surface area contributed by atoms with Gasteiger partial charge in [0.15, 0.2) is 5.76 Å². The fraction of sp³-hybridized carbons (Fsp3) is 0. The third-order valence-corrected chi connectivity index (χ3v) is 4.21. The quantitative estimate of drug-likeness (QED) is 0.407. The van der Waals surface area contributed by atoms with Gasteiger partial charge in [-0.1, -0.05) is 6.07 Å². The first-order chi connectivity index (χ1) is 11.7. The Bertz CT molecular complexity index is 936. The van der Waals surface area contributed by atoms with E-state index in [-0.39, 0.29) is 23.1 Å². The van der Waals surface area contributed by atoms with Crippen LogP contribution < -0.4 is 9.47 Å². The van der Waals surface area contributed by atoms with E-state index in [1.807, 2.05) is 17.5 Å². The van der Waals surface area contributed by atoms with Gasteiger partial charge in [-0.05, 0) is 35.7 Å². The Balaban J connectivity index is 1.58. The molecule has 4 rings (SSSR count). The lowest BCUT2D eigenvalue weighted by molar-refractivity contribution is 0.0701. The van der Waals surface area contributed by atoms with Gasteiger partial charge in [-0.15, -0.1) is 11.3 Å². The van der Waals surface area contributed by atoms with E-state index in [2.05, 4.69) is 0 Å². The van der Waals surface area contributed by atoms with Crippen LogP contribution >= 0.6 is 11.3 Å². The Morgan fingerprint density at radius 1 is 1.17 bits per heavy atom. The monoisotopic (exact) mass is 338 g/mol. The third kappa shape index (κ3) is 2.63. The first-order valence-electron chi connectivity index (χ1n) is 7.08. The maximum atomic E-state index is 12.3. The lowest BCUT2D eigenvalue weighted by atomic mass is 10.1. The van der Waals surface area contributed by atoms with Gasteiger partial charge in [-0.25, -0.2) is 4.79 Å². The van der Waals surface area contributed by atoms with Crippen LogP contribution in [0.25, 0.3) is 6.08 Å². The van der Waals surface area contributed by atoms with E-state index in [9.17, 15) is 9.59 Å². The normalized spacial score (nSPS) is 14.5. The number of esters is 1. The molecule has 6 heteroatoms. The number of rotatable bonds is 3. The first kappa shape index (κ1) is 14.5. The predicted molar refractivity (Wildman–Crippen MR) is 87.4 cm³/mol. The second-order valence-corrected chi connectivity index (χ2v) is 5.96. The minimum absolute atomic E-state index is 0.103. The molecule has 5 nitrogen and oxygen atoms in total. The average Bonchev–Trinajstić information content (AvgIpc) is 3.31. The standard InChI is InChI=1S/C18H10O5S/c19-17-13-6-5-11(22-18(20)14-4-1-7-21-14)9-15(13)23-16(17)10-12-3-2-8-24-12/h1-10H/b16-10+. The van der Waals surface area contributed by atoms with Crippen molar-refractivity contribution in [1.29, 1.82) is 0 Å². The summed E-state index contributed by atoms with van der Waals surface area (Å²) in [7, 11) is 0. The molecule has 0 spiro atoms. The molecule has 118 valence electrons. The number of ether oxygens (including phenoxy) is 2. The molecule has 0 atom stereocenters. The number of carbonyl (C=O) groups excluding carboxylic acids is 2. The fourth-order valence-corrected chi connectivity index (χ4v) is 2.93. The minimum atomic E-state index is -0.612. The Hall–Kier alpha value is -3.12. The zero-order chi connectivity index (χ0) is 16.5. The molecule has 0 aliphatic carbocycles.